The lowest BCUT2D eigenvalue weighted by molar-refractivity contribution is -0.659. The largest absolute Gasteiger partial charge is 0.278 e. The van der Waals surface area contributed by atoms with Gasteiger partial charge in [-0.25, -0.2) is 32.3 Å². The lowest BCUT2D eigenvalue weighted by Crippen LogP contribution is -2.58. The molecule has 13 nitrogen and oxygen atoms in total. The van der Waals surface area contributed by atoms with Crippen molar-refractivity contribution in [2.75, 3.05) is 42.5 Å². The predicted molar refractivity (Wildman–Crippen MR) is 423 cm³/mol. The number of rotatable bonds is 6. The summed E-state index contributed by atoms with van der Waals surface area (Å²) in [6, 6.07) is 43.0. The van der Waals surface area contributed by atoms with Crippen molar-refractivity contribution in [2.45, 2.75) is 279 Å². The molecule has 0 N–H and O–H groups in total. The summed E-state index contributed by atoms with van der Waals surface area (Å²) >= 11 is 0. The lowest BCUT2D eigenvalue weighted by Gasteiger charge is -2.45. The Bertz CT molecular complexity index is 3960. The molecule has 12 fully saturated rings. The zero-order chi connectivity index (χ0) is 74.3. The second-order valence-corrected chi connectivity index (χ2v) is 38.4. The van der Waals surface area contributed by atoms with Crippen LogP contribution >= 0.6 is 0 Å². The molecule has 0 amide bonds. The average molecular weight is 1400 g/mol. The maximum atomic E-state index is 2.69. The first-order valence-electron chi connectivity index (χ1n) is 40.6. The highest BCUT2D eigenvalue weighted by Crippen LogP contribution is 2.65. The average Bonchev–Trinajstić information content (AvgIpc) is 1.53. The van der Waals surface area contributed by atoms with E-state index in [0.717, 1.165) is 35.6 Å². The second-order valence-electron chi connectivity index (χ2n) is 38.4. The summed E-state index contributed by atoms with van der Waals surface area (Å²) in [5, 5.41) is 0. The van der Waals surface area contributed by atoms with Crippen LogP contribution < -0.4 is 56.8 Å². The molecule has 12 bridgehead atoms. The number of hydrogen-bond donors (Lipinski definition) is 0. The third-order valence-electron chi connectivity index (χ3n) is 31.9. The van der Waals surface area contributed by atoms with Crippen molar-refractivity contribution in [3.8, 4) is 0 Å². The minimum absolute atomic E-state index is 0.298. The smallest absolute Gasteiger partial charge is 0.261 e. The summed E-state index contributed by atoms with van der Waals surface area (Å²) in [4.78, 5) is 18.5. The number of aryl methyl sites for hydroxylation is 6. The number of hydrogen-bond acceptors (Lipinski definition) is 7. The summed E-state index contributed by atoms with van der Waals surface area (Å²) in [6.45, 7) is 48.7. The van der Waals surface area contributed by atoms with Gasteiger partial charge in [0, 0.05) is 102 Å². The topological polar surface area (TPSA) is 46.0 Å². The van der Waals surface area contributed by atoms with E-state index in [2.05, 4.69) is 382 Å². The molecule has 12 aliphatic rings. The molecule has 103 heavy (non-hydrogen) atoms. The molecule has 21 unspecified atom stereocenters. The molecule has 18 rings (SSSR count). The van der Waals surface area contributed by atoms with Gasteiger partial charge >= 0.3 is 0 Å². The number of aromatic nitrogens is 6. The Labute approximate surface area is 624 Å². The maximum absolute atomic E-state index is 2.69. The standard InChI is InChI=1S/C17H27N2.C16H25N2.2C15H23N2.C14H21N2.C13H20N3/c1-12-13(2)17(5)11-16(12,4)14(3)19(17)15-9-7-8-10-18(15)6;1-12-10-15(3)11-16(12,4)13(2)18(15)14-8-6-7-9-17(14)5;1-12-14(2)8-9-15(3,11-14)17(12)13-7-5-6-10-16(13)4;1-11-12-8-9-13(15(12,2)3)17(11)14-7-5-6-10-16(14)4;1-11-12-7-8-14(2,10-12)16(11)13-6-4-5-9-15(13)3;1-11-15-9-7-13(2,10-15)16(11)12-6-4-5-8-14(12)3/h7-10,12-14H,11H2,1-6H3;6-9,12-13H,10-11H2,1-5H3;5-7,10,12H,8-9,11H2,1-4H3;5-7,10-13H,8-9H2,1-4H3;4-6,9,11-12H,7-8,10H2,1-3H3;4-6,8,11H,7,9-10H2,1-3H3/q6*+1. The van der Waals surface area contributed by atoms with E-state index in [9.17, 15) is 0 Å². The van der Waals surface area contributed by atoms with Gasteiger partial charge in [-0.3, -0.25) is 29.4 Å². The third kappa shape index (κ3) is 12.2. The highest BCUT2D eigenvalue weighted by Gasteiger charge is 2.71. The highest BCUT2D eigenvalue weighted by atomic mass is 15.5. The van der Waals surface area contributed by atoms with Gasteiger partial charge in [0.25, 0.3) is 34.9 Å². The summed E-state index contributed by atoms with van der Waals surface area (Å²) in [5.41, 5.74) is 3.64. The summed E-state index contributed by atoms with van der Waals surface area (Å²) in [5.74, 6) is 12.3. The molecular weight excluding hydrogens is 1260 g/mol. The Morgan fingerprint density at radius 2 is 0.825 bits per heavy atom. The van der Waals surface area contributed by atoms with E-state index in [0.29, 0.717) is 85.7 Å². The fourth-order valence-electron chi connectivity index (χ4n) is 25.4. The molecule has 0 spiro atoms. The fourth-order valence-corrected chi connectivity index (χ4v) is 25.4. The molecular formula is C90H139N13+6. The van der Waals surface area contributed by atoms with Crippen molar-refractivity contribution in [1.29, 1.82) is 0 Å². The Kier molecular flexibility index (Phi) is 19.5. The van der Waals surface area contributed by atoms with Crippen molar-refractivity contribution >= 4 is 34.9 Å². The molecule has 7 aliphatic heterocycles. The van der Waals surface area contributed by atoms with E-state index in [-0.39, 0.29) is 0 Å². The van der Waals surface area contributed by atoms with Gasteiger partial charge in [-0.05, 0) is 189 Å². The van der Waals surface area contributed by atoms with E-state index in [1.54, 1.807) is 0 Å². The van der Waals surface area contributed by atoms with Crippen LogP contribution in [0, 0.1) is 51.2 Å². The summed E-state index contributed by atoms with van der Waals surface area (Å²) in [6.07, 6.45) is 29.7. The molecule has 6 aromatic rings. The number of anilines is 6. The molecule has 558 valence electrons. The van der Waals surface area contributed by atoms with Gasteiger partial charge in [-0.2, -0.15) is 0 Å². The Morgan fingerprint density at radius 3 is 1.22 bits per heavy atom. The minimum atomic E-state index is 0.298. The minimum Gasteiger partial charge on any atom is -0.261 e. The van der Waals surface area contributed by atoms with Crippen LogP contribution in [0.4, 0.5) is 34.9 Å². The maximum Gasteiger partial charge on any atom is 0.278 e. The van der Waals surface area contributed by atoms with Crippen LogP contribution in [0.25, 0.3) is 0 Å². The zero-order valence-electron chi connectivity index (χ0n) is 69.0. The first-order chi connectivity index (χ1) is 48.4. The van der Waals surface area contributed by atoms with Gasteiger partial charge in [0.2, 0.25) is 0 Å². The number of pyridine rings is 6. The quantitative estimate of drug-likeness (QED) is 0.154. The van der Waals surface area contributed by atoms with Crippen LogP contribution in [-0.4, -0.2) is 88.1 Å². The first kappa shape index (κ1) is 74.9. The number of nitrogens with zero attached hydrogens (tertiary/aromatic N) is 13. The Hall–Kier alpha value is -6.34. The predicted octanol–water partition coefficient (Wildman–Crippen LogP) is 14.7. The van der Waals surface area contributed by atoms with Crippen LogP contribution in [-0.2, 0) is 42.3 Å². The van der Waals surface area contributed by atoms with Crippen molar-refractivity contribution < 1.29 is 27.4 Å². The summed E-state index contributed by atoms with van der Waals surface area (Å²) in [7, 11) is 12.9. The van der Waals surface area contributed by atoms with Crippen LogP contribution in [0.3, 0.4) is 0 Å². The van der Waals surface area contributed by atoms with Gasteiger partial charge < -0.3 is 0 Å². The monoisotopic (exact) mass is 1400 g/mol. The number of piperidine rings is 5. The van der Waals surface area contributed by atoms with Crippen LogP contribution in [0.15, 0.2) is 146 Å². The van der Waals surface area contributed by atoms with Gasteiger partial charge in [0.15, 0.2) is 0 Å². The second kappa shape index (κ2) is 26.9. The van der Waals surface area contributed by atoms with Gasteiger partial charge in [-0.15, -0.1) is 0 Å². The van der Waals surface area contributed by atoms with E-state index in [1.165, 1.54) is 125 Å². The molecule has 13 heterocycles. The Balaban J connectivity index is 0.000000110. The van der Waals surface area contributed by atoms with E-state index >= 15 is 0 Å². The van der Waals surface area contributed by atoms with Crippen LogP contribution in [0.5, 0.6) is 0 Å². The zero-order valence-corrected chi connectivity index (χ0v) is 69.0. The normalized spacial score (nSPS) is 39.5. The van der Waals surface area contributed by atoms with E-state index < -0.39 is 0 Å². The van der Waals surface area contributed by atoms with Gasteiger partial charge in [-0.1, -0.05) is 91.8 Å². The lowest BCUT2D eigenvalue weighted by atomic mass is 9.71. The van der Waals surface area contributed by atoms with Crippen molar-refractivity contribution in [3.63, 3.8) is 0 Å². The molecule has 5 aliphatic carbocycles. The SMILES string of the molecule is CC1C(C)C2(C)CC1(C)C(C)N2c1cccc[n+]1C.CC1C2CCC(C)(C2)N1c1cccc[n+]1C.CC1C2CCC(N1c1cccc[n+]1C)C2(C)C.CC1CC2(C)CC1(C)C(C)N2c1cccc[n+]1C.CC1N(c2cccc[n+]2C)C2(C)CCC1(C)C2.CC1N2CCC(C)(C2)N1c1cccc[n+]1C. The van der Waals surface area contributed by atoms with E-state index in [4.69, 9.17) is 0 Å². The Morgan fingerprint density at radius 1 is 0.369 bits per heavy atom. The molecule has 0 radical (unpaired) electrons. The fraction of sp³-hybridized carbons (Fsp3) is 0.667. The van der Waals surface area contributed by atoms with Crippen molar-refractivity contribution in [2.24, 2.45) is 93.5 Å². The van der Waals surface area contributed by atoms with Crippen molar-refractivity contribution in [1.82, 2.24) is 4.90 Å². The van der Waals surface area contributed by atoms with Crippen LogP contribution in [0.1, 0.15) is 209 Å². The van der Waals surface area contributed by atoms with E-state index in [1.807, 2.05) is 0 Å². The molecule has 21 atom stereocenters. The van der Waals surface area contributed by atoms with Gasteiger partial charge in [0.1, 0.15) is 39.9 Å². The summed E-state index contributed by atoms with van der Waals surface area (Å²) < 4.78 is 13.5. The van der Waals surface area contributed by atoms with Crippen molar-refractivity contribution in [3.05, 3.63) is 146 Å². The first-order valence-corrected chi connectivity index (χ1v) is 40.6. The highest BCUT2D eigenvalue weighted by molar-refractivity contribution is 5.50. The molecule has 0 aromatic carbocycles. The van der Waals surface area contributed by atoms with Crippen LogP contribution in [0.2, 0.25) is 0 Å². The molecule has 7 saturated heterocycles. The number of fused-ring (bicyclic) bond motifs is 12. The van der Waals surface area contributed by atoms with Gasteiger partial charge in [0.05, 0.1) is 110 Å². The third-order valence-corrected chi connectivity index (χ3v) is 31.9. The molecule has 6 aromatic heterocycles. The molecule has 13 heteroatoms. The molecule has 5 saturated carbocycles.